The van der Waals surface area contributed by atoms with Gasteiger partial charge in [-0.1, -0.05) is 19.9 Å². The molecule has 0 aliphatic carbocycles. The van der Waals surface area contributed by atoms with Gasteiger partial charge in [0.1, 0.15) is 6.79 Å². The number of rotatable bonds is 8. The van der Waals surface area contributed by atoms with Crippen LogP contribution in [0, 0.1) is 11.8 Å². The van der Waals surface area contributed by atoms with Crippen LogP contribution in [0.15, 0.2) is 12.7 Å². The Labute approximate surface area is 86.7 Å². The van der Waals surface area contributed by atoms with Crippen LogP contribution in [-0.4, -0.2) is 31.7 Å². The van der Waals surface area contributed by atoms with E-state index in [4.69, 9.17) is 14.6 Å². The summed E-state index contributed by atoms with van der Waals surface area (Å²) in [5.74, 6) is 0.477. The molecular weight excluding hydrogens is 180 g/mol. The summed E-state index contributed by atoms with van der Waals surface area (Å²) in [7, 11) is 1.60. The molecule has 0 aliphatic rings. The lowest BCUT2D eigenvalue weighted by molar-refractivity contribution is -0.113. The second-order valence-electron chi connectivity index (χ2n) is 3.70. The molecule has 0 saturated carbocycles. The van der Waals surface area contributed by atoms with Gasteiger partial charge in [0.05, 0.1) is 6.10 Å². The van der Waals surface area contributed by atoms with Gasteiger partial charge in [-0.3, -0.25) is 0 Å². The highest BCUT2D eigenvalue weighted by atomic mass is 16.7. The molecule has 0 fully saturated rings. The normalized spacial score (nSPS) is 17.4. The van der Waals surface area contributed by atoms with Crippen molar-refractivity contribution in [2.24, 2.45) is 11.8 Å². The van der Waals surface area contributed by atoms with Gasteiger partial charge in [0.2, 0.25) is 0 Å². The van der Waals surface area contributed by atoms with Crippen LogP contribution in [0.3, 0.4) is 0 Å². The molecule has 0 saturated heterocycles. The third-order valence-electron chi connectivity index (χ3n) is 2.33. The molecule has 0 aliphatic heterocycles. The maximum atomic E-state index is 9.07. The summed E-state index contributed by atoms with van der Waals surface area (Å²) >= 11 is 0. The summed E-state index contributed by atoms with van der Waals surface area (Å²) in [6, 6.07) is 0. The number of hydrogen-bond donors (Lipinski definition) is 1. The lowest BCUT2D eigenvalue weighted by Crippen LogP contribution is -2.31. The number of aliphatic hydroxyl groups excluding tert-OH is 1. The van der Waals surface area contributed by atoms with Gasteiger partial charge in [-0.25, -0.2) is 0 Å². The molecular formula is C11H22O3. The average molecular weight is 202 g/mol. The second-order valence-corrected chi connectivity index (χ2v) is 3.70. The van der Waals surface area contributed by atoms with Crippen LogP contribution in [0.25, 0.3) is 0 Å². The highest BCUT2D eigenvalue weighted by Crippen LogP contribution is 2.20. The van der Waals surface area contributed by atoms with Crippen LogP contribution in [-0.2, 0) is 9.47 Å². The van der Waals surface area contributed by atoms with Crippen molar-refractivity contribution in [2.45, 2.75) is 26.4 Å². The van der Waals surface area contributed by atoms with Crippen molar-refractivity contribution in [3.05, 3.63) is 12.7 Å². The Kier molecular flexibility index (Phi) is 7.76. The molecule has 84 valence electrons. The van der Waals surface area contributed by atoms with E-state index in [2.05, 4.69) is 13.5 Å². The first-order valence-electron chi connectivity index (χ1n) is 4.99. The fourth-order valence-electron chi connectivity index (χ4n) is 1.54. The summed E-state index contributed by atoms with van der Waals surface area (Å²) in [5.41, 5.74) is 0. The molecule has 3 heteroatoms. The minimum absolute atomic E-state index is 0.0259. The van der Waals surface area contributed by atoms with Gasteiger partial charge in [-0.05, 0) is 12.3 Å². The topological polar surface area (TPSA) is 38.7 Å². The maximum absolute atomic E-state index is 9.07. The lowest BCUT2D eigenvalue weighted by Gasteiger charge is -2.27. The number of aliphatic hydroxyl groups is 1. The van der Waals surface area contributed by atoms with Gasteiger partial charge < -0.3 is 14.6 Å². The third kappa shape index (κ3) is 4.74. The molecule has 0 aromatic heterocycles. The Morgan fingerprint density at radius 1 is 1.36 bits per heavy atom. The average Bonchev–Trinajstić information content (AvgIpc) is 2.18. The van der Waals surface area contributed by atoms with Crippen molar-refractivity contribution >= 4 is 0 Å². The maximum Gasteiger partial charge on any atom is 0.146 e. The largest absolute Gasteiger partial charge is 0.396 e. The number of hydrogen-bond acceptors (Lipinski definition) is 3. The van der Waals surface area contributed by atoms with Gasteiger partial charge in [0, 0.05) is 19.6 Å². The Balaban J connectivity index is 4.13. The second kappa shape index (κ2) is 7.97. The van der Waals surface area contributed by atoms with Crippen molar-refractivity contribution in [1.82, 2.24) is 0 Å². The molecule has 0 heterocycles. The zero-order chi connectivity index (χ0) is 11.0. The van der Waals surface area contributed by atoms with E-state index in [1.54, 1.807) is 7.11 Å². The van der Waals surface area contributed by atoms with E-state index in [1.807, 2.05) is 13.0 Å². The minimum atomic E-state index is 0.0259. The van der Waals surface area contributed by atoms with Gasteiger partial charge >= 0.3 is 0 Å². The highest BCUT2D eigenvalue weighted by Gasteiger charge is 2.23. The summed E-state index contributed by atoms with van der Waals surface area (Å²) in [4.78, 5) is 0. The van der Waals surface area contributed by atoms with E-state index in [0.29, 0.717) is 5.92 Å². The zero-order valence-electron chi connectivity index (χ0n) is 9.40. The Morgan fingerprint density at radius 3 is 2.43 bits per heavy atom. The van der Waals surface area contributed by atoms with E-state index >= 15 is 0 Å². The molecule has 0 radical (unpaired) electrons. The summed E-state index contributed by atoms with van der Waals surface area (Å²) < 4.78 is 10.4. The standard InChI is InChI=1S/C11H22O3/c1-5-6-9(2)11(10(3)7-12)14-8-13-4/h5,9-12H,1,6-8H2,2-4H3/t9-,10+,11-/m0/s1. The van der Waals surface area contributed by atoms with Gasteiger partial charge in [0.25, 0.3) is 0 Å². The fourth-order valence-corrected chi connectivity index (χ4v) is 1.54. The van der Waals surface area contributed by atoms with Crippen LogP contribution in [0.5, 0.6) is 0 Å². The summed E-state index contributed by atoms with van der Waals surface area (Å²) in [6.45, 7) is 8.17. The minimum Gasteiger partial charge on any atom is -0.396 e. The first-order valence-corrected chi connectivity index (χ1v) is 4.99. The summed E-state index contributed by atoms with van der Waals surface area (Å²) in [6.07, 6.45) is 2.79. The Hall–Kier alpha value is -0.380. The third-order valence-corrected chi connectivity index (χ3v) is 2.33. The van der Waals surface area contributed by atoms with Crippen molar-refractivity contribution in [3.8, 4) is 0 Å². The molecule has 14 heavy (non-hydrogen) atoms. The van der Waals surface area contributed by atoms with E-state index in [1.165, 1.54) is 0 Å². The van der Waals surface area contributed by atoms with Crippen LogP contribution < -0.4 is 0 Å². The summed E-state index contributed by atoms with van der Waals surface area (Å²) in [5, 5.41) is 9.07. The number of allylic oxidation sites excluding steroid dienone is 1. The van der Waals surface area contributed by atoms with Crippen molar-refractivity contribution in [1.29, 1.82) is 0 Å². The molecule has 3 nitrogen and oxygen atoms in total. The predicted molar refractivity (Wildman–Crippen MR) is 57.0 cm³/mol. The Morgan fingerprint density at radius 2 is 2.00 bits per heavy atom. The Bertz CT molecular complexity index is 147. The SMILES string of the molecule is C=CC[C@H](C)[C@H](OCOC)[C@H](C)CO. The van der Waals surface area contributed by atoms with Crippen LogP contribution in [0.2, 0.25) is 0 Å². The van der Waals surface area contributed by atoms with Gasteiger partial charge in [-0.2, -0.15) is 0 Å². The number of ether oxygens (including phenoxy) is 2. The van der Waals surface area contributed by atoms with E-state index in [0.717, 1.165) is 6.42 Å². The van der Waals surface area contributed by atoms with E-state index in [-0.39, 0.29) is 25.4 Å². The van der Waals surface area contributed by atoms with Crippen LogP contribution in [0.4, 0.5) is 0 Å². The monoisotopic (exact) mass is 202 g/mol. The molecule has 0 unspecified atom stereocenters. The number of methoxy groups -OCH3 is 1. The molecule has 0 rings (SSSR count). The first kappa shape index (κ1) is 13.6. The molecule has 0 bridgehead atoms. The first-order chi connectivity index (χ1) is 6.67. The molecule has 0 spiro atoms. The van der Waals surface area contributed by atoms with E-state index < -0.39 is 0 Å². The molecule has 0 aromatic rings. The van der Waals surface area contributed by atoms with Crippen LogP contribution in [0.1, 0.15) is 20.3 Å². The van der Waals surface area contributed by atoms with E-state index in [9.17, 15) is 0 Å². The quantitative estimate of drug-likeness (QED) is 0.482. The zero-order valence-corrected chi connectivity index (χ0v) is 9.40. The lowest BCUT2D eigenvalue weighted by atomic mass is 9.91. The highest BCUT2D eigenvalue weighted by molar-refractivity contribution is 4.79. The molecule has 0 amide bonds. The van der Waals surface area contributed by atoms with Gasteiger partial charge in [-0.15, -0.1) is 6.58 Å². The van der Waals surface area contributed by atoms with Crippen molar-refractivity contribution < 1.29 is 14.6 Å². The molecule has 0 aromatic carbocycles. The fraction of sp³-hybridized carbons (Fsp3) is 0.818. The molecule has 1 N–H and O–H groups in total. The predicted octanol–water partition coefficient (Wildman–Crippen LogP) is 1.82. The molecule has 3 atom stereocenters. The van der Waals surface area contributed by atoms with Crippen molar-refractivity contribution in [2.75, 3.05) is 20.5 Å². The van der Waals surface area contributed by atoms with Gasteiger partial charge in [0.15, 0.2) is 0 Å². The van der Waals surface area contributed by atoms with Crippen molar-refractivity contribution in [3.63, 3.8) is 0 Å². The van der Waals surface area contributed by atoms with Crippen LogP contribution >= 0.6 is 0 Å². The smallest absolute Gasteiger partial charge is 0.146 e.